The van der Waals surface area contributed by atoms with Crippen LogP contribution in [0.1, 0.15) is 43.8 Å². The first-order valence-corrected chi connectivity index (χ1v) is 7.81. The highest BCUT2D eigenvalue weighted by molar-refractivity contribution is 5.72. The molecule has 0 aromatic carbocycles. The summed E-state index contributed by atoms with van der Waals surface area (Å²) in [5, 5.41) is 4.62. The Morgan fingerprint density at radius 3 is 2.95 bits per heavy atom. The van der Waals surface area contributed by atoms with Gasteiger partial charge in [0.15, 0.2) is 5.82 Å². The number of nitrogens with zero attached hydrogens (tertiary/aromatic N) is 3. The van der Waals surface area contributed by atoms with Crippen LogP contribution in [0.15, 0.2) is 6.33 Å². The highest BCUT2D eigenvalue weighted by Gasteiger charge is 2.31. The molecule has 2 aliphatic rings. The van der Waals surface area contributed by atoms with Gasteiger partial charge in [0.2, 0.25) is 0 Å². The van der Waals surface area contributed by atoms with Crippen molar-refractivity contribution in [3.05, 3.63) is 12.2 Å². The average Bonchev–Trinajstić information content (AvgIpc) is 3.17. The van der Waals surface area contributed by atoms with Crippen LogP contribution in [-0.4, -0.2) is 41.1 Å². The Bertz CT molecular complexity index is 482. The van der Waals surface area contributed by atoms with Crippen LogP contribution in [0.4, 0.5) is 0 Å². The molecule has 2 fully saturated rings. The van der Waals surface area contributed by atoms with Gasteiger partial charge in [0.05, 0.1) is 13.0 Å². The lowest BCUT2D eigenvalue weighted by atomic mass is 10.00. The van der Waals surface area contributed by atoms with Gasteiger partial charge >= 0.3 is 5.97 Å². The van der Waals surface area contributed by atoms with Crippen molar-refractivity contribution in [2.24, 2.45) is 11.8 Å². The molecule has 0 bridgehead atoms. The minimum absolute atomic E-state index is 0.0680. The van der Waals surface area contributed by atoms with Crippen LogP contribution in [0.25, 0.3) is 0 Å². The second-order valence-electron chi connectivity index (χ2n) is 6.11. The maximum atomic E-state index is 11.6. The molecule has 2 atom stereocenters. The highest BCUT2D eigenvalue weighted by Crippen LogP contribution is 2.32. The van der Waals surface area contributed by atoms with E-state index in [1.165, 1.54) is 7.11 Å². The molecule has 1 aromatic heterocycles. The number of carbonyl (C=O) groups excluding carboxylic acids is 1. The first kappa shape index (κ1) is 14.5. The zero-order valence-corrected chi connectivity index (χ0v) is 12.5. The lowest BCUT2D eigenvalue weighted by molar-refractivity contribution is -0.145. The fraction of sp³-hybridized carbons (Fsp3) is 0.800. The lowest BCUT2D eigenvalue weighted by Crippen LogP contribution is -2.16. The standard InChI is InChI=1S/C15H23N3O3/c1-20-15(19)13-3-2-11(8-13)9-18-10-16-14(17-18)12-4-6-21-7-5-12/h10-13H,2-9H2,1H3/t11-,13+/m0/s1. The third-order valence-corrected chi connectivity index (χ3v) is 4.66. The topological polar surface area (TPSA) is 66.2 Å². The minimum atomic E-state index is -0.0704. The average molecular weight is 293 g/mol. The van der Waals surface area contributed by atoms with Crippen molar-refractivity contribution < 1.29 is 14.3 Å². The lowest BCUT2D eigenvalue weighted by Gasteiger charge is -2.19. The monoisotopic (exact) mass is 293 g/mol. The van der Waals surface area contributed by atoms with E-state index in [2.05, 4.69) is 10.1 Å². The molecule has 1 aromatic rings. The molecule has 1 saturated carbocycles. The van der Waals surface area contributed by atoms with E-state index < -0.39 is 0 Å². The molecule has 6 nitrogen and oxygen atoms in total. The van der Waals surface area contributed by atoms with E-state index in [1.807, 2.05) is 11.0 Å². The summed E-state index contributed by atoms with van der Waals surface area (Å²) in [6, 6.07) is 0. The number of methoxy groups -OCH3 is 1. The smallest absolute Gasteiger partial charge is 0.308 e. The van der Waals surface area contributed by atoms with Crippen molar-refractivity contribution in [2.75, 3.05) is 20.3 Å². The predicted molar refractivity (Wildman–Crippen MR) is 75.7 cm³/mol. The summed E-state index contributed by atoms with van der Waals surface area (Å²) in [6.45, 7) is 2.47. The summed E-state index contributed by atoms with van der Waals surface area (Å²) >= 11 is 0. The molecular formula is C15H23N3O3. The normalized spacial score (nSPS) is 26.9. The Kier molecular flexibility index (Phi) is 4.53. The van der Waals surface area contributed by atoms with Crippen molar-refractivity contribution in [3.8, 4) is 0 Å². The Morgan fingerprint density at radius 1 is 1.38 bits per heavy atom. The van der Waals surface area contributed by atoms with Crippen molar-refractivity contribution >= 4 is 5.97 Å². The van der Waals surface area contributed by atoms with E-state index >= 15 is 0 Å². The third kappa shape index (κ3) is 3.43. The van der Waals surface area contributed by atoms with Crippen LogP contribution in [-0.2, 0) is 20.8 Å². The third-order valence-electron chi connectivity index (χ3n) is 4.66. The fourth-order valence-corrected chi connectivity index (χ4v) is 3.43. The summed E-state index contributed by atoms with van der Waals surface area (Å²) in [7, 11) is 1.47. The number of esters is 1. The molecule has 1 saturated heterocycles. The summed E-state index contributed by atoms with van der Waals surface area (Å²) in [5.74, 6) is 1.88. The molecular weight excluding hydrogens is 270 g/mol. The minimum Gasteiger partial charge on any atom is -0.469 e. The first-order chi connectivity index (χ1) is 10.3. The van der Waals surface area contributed by atoms with Crippen LogP contribution in [0.3, 0.4) is 0 Å². The maximum absolute atomic E-state index is 11.6. The van der Waals surface area contributed by atoms with Gasteiger partial charge in [0.25, 0.3) is 0 Å². The number of rotatable bonds is 4. The van der Waals surface area contributed by atoms with E-state index in [-0.39, 0.29) is 11.9 Å². The van der Waals surface area contributed by atoms with E-state index in [0.717, 1.165) is 57.7 Å². The highest BCUT2D eigenvalue weighted by atomic mass is 16.5. The molecule has 1 aliphatic carbocycles. The van der Waals surface area contributed by atoms with Crippen molar-refractivity contribution in [1.29, 1.82) is 0 Å². The van der Waals surface area contributed by atoms with Gasteiger partial charge in [-0.3, -0.25) is 9.48 Å². The van der Waals surface area contributed by atoms with Crippen LogP contribution >= 0.6 is 0 Å². The Morgan fingerprint density at radius 2 is 2.19 bits per heavy atom. The molecule has 116 valence electrons. The zero-order valence-electron chi connectivity index (χ0n) is 12.5. The Hall–Kier alpha value is -1.43. The molecule has 21 heavy (non-hydrogen) atoms. The van der Waals surface area contributed by atoms with Crippen molar-refractivity contribution in [1.82, 2.24) is 14.8 Å². The number of hydrogen-bond donors (Lipinski definition) is 0. The Balaban J connectivity index is 1.54. The van der Waals surface area contributed by atoms with Crippen LogP contribution in [0.2, 0.25) is 0 Å². The van der Waals surface area contributed by atoms with Gasteiger partial charge in [-0.05, 0) is 38.0 Å². The van der Waals surface area contributed by atoms with Gasteiger partial charge in [-0.25, -0.2) is 4.98 Å². The van der Waals surface area contributed by atoms with Gasteiger partial charge in [0.1, 0.15) is 6.33 Å². The van der Waals surface area contributed by atoms with Gasteiger partial charge in [-0.15, -0.1) is 0 Å². The first-order valence-electron chi connectivity index (χ1n) is 7.81. The predicted octanol–water partition coefficient (Wildman–Crippen LogP) is 1.76. The maximum Gasteiger partial charge on any atom is 0.308 e. The summed E-state index contributed by atoms with van der Waals surface area (Å²) < 4.78 is 12.1. The van der Waals surface area contributed by atoms with Crippen LogP contribution in [0.5, 0.6) is 0 Å². The molecule has 0 N–H and O–H groups in total. The summed E-state index contributed by atoms with van der Waals surface area (Å²) in [6.07, 6.45) is 6.75. The van der Waals surface area contributed by atoms with Crippen molar-refractivity contribution in [3.63, 3.8) is 0 Å². The largest absolute Gasteiger partial charge is 0.469 e. The molecule has 0 amide bonds. The second-order valence-corrected chi connectivity index (χ2v) is 6.11. The molecule has 0 spiro atoms. The SMILES string of the molecule is COC(=O)[C@@H]1CC[C@H](Cn2cnc(C3CCOCC3)n2)C1. The summed E-state index contributed by atoms with van der Waals surface area (Å²) in [4.78, 5) is 16.0. The number of ether oxygens (including phenoxy) is 2. The van der Waals surface area contributed by atoms with E-state index in [9.17, 15) is 4.79 Å². The Labute approximate surface area is 124 Å². The molecule has 0 radical (unpaired) electrons. The van der Waals surface area contributed by atoms with Gasteiger partial charge in [-0.1, -0.05) is 0 Å². The van der Waals surface area contributed by atoms with Crippen LogP contribution in [0, 0.1) is 11.8 Å². The van der Waals surface area contributed by atoms with Gasteiger partial charge in [0, 0.05) is 25.7 Å². The van der Waals surface area contributed by atoms with E-state index in [0.29, 0.717) is 11.8 Å². The molecule has 0 unspecified atom stereocenters. The number of aromatic nitrogens is 3. The number of carbonyl (C=O) groups is 1. The number of hydrogen-bond acceptors (Lipinski definition) is 5. The van der Waals surface area contributed by atoms with Crippen LogP contribution < -0.4 is 0 Å². The summed E-state index contributed by atoms with van der Waals surface area (Å²) in [5.41, 5.74) is 0. The van der Waals surface area contributed by atoms with Crippen molar-refractivity contribution in [2.45, 2.75) is 44.6 Å². The van der Waals surface area contributed by atoms with E-state index in [1.54, 1.807) is 0 Å². The van der Waals surface area contributed by atoms with Gasteiger partial charge < -0.3 is 9.47 Å². The zero-order chi connectivity index (χ0) is 14.7. The molecule has 6 heteroatoms. The molecule has 2 heterocycles. The quantitative estimate of drug-likeness (QED) is 0.791. The van der Waals surface area contributed by atoms with E-state index in [4.69, 9.17) is 9.47 Å². The van der Waals surface area contributed by atoms with Gasteiger partial charge in [-0.2, -0.15) is 5.10 Å². The fourth-order valence-electron chi connectivity index (χ4n) is 3.43. The second kappa shape index (κ2) is 6.56. The molecule has 3 rings (SSSR count). The molecule has 1 aliphatic heterocycles.